The molecule has 0 bridgehead atoms. The number of aromatic nitrogens is 2. The lowest BCUT2D eigenvalue weighted by Gasteiger charge is -2.28. The highest BCUT2D eigenvalue weighted by molar-refractivity contribution is 7.89. The van der Waals surface area contributed by atoms with Crippen molar-refractivity contribution >= 4 is 15.9 Å². The average Bonchev–Trinajstić information content (AvgIpc) is 3.28. The molecule has 1 aromatic rings. The molecular formula is C16H26N4O3S. The van der Waals surface area contributed by atoms with Crippen LogP contribution in [-0.2, 0) is 41.3 Å². The zero-order chi connectivity index (χ0) is 17.5. The minimum atomic E-state index is -3.27. The van der Waals surface area contributed by atoms with E-state index in [1.54, 1.807) is 18.2 Å². The summed E-state index contributed by atoms with van der Waals surface area (Å²) in [7, 11) is -1.38. The highest BCUT2D eigenvalue weighted by Gasteiger charge is 2.32. The number of nitrogens with zero attached hydrogens (tertiary/aromatic N) is 3. The van der Waals surface area contributed by atoms with Crippen molar-refractivity contribution in [2.45, 2.75) is 63.8 Å². The molecule has 3 rings (SSSR count). The first kappa shape index (κ1) is 17.4. The predicted octanol–water partition coefficient (Wildman–Crippen LogP) is 0.728. The van der Waals surface area contributed by atoms with Crippen LogP contribution in [0.15, 0.2) is 0 Å². The number of fused-ring (bicyclic) bond motifs is 1. The van der Waals surface area contributed by atoms with Crippen LogP contribution in [0.2, 0.25) is 0 Å². The van der Waals surface area contributed by atoms with Gasteiger partial charge in [0.2, 0.25) is 15.9 Å². The maximum absolute atomic E-state index is 12.4. The van der Waals surface area contributed by atoms with E-state index in [-0.39, 0.29) is 5.91 Å². The number of aryl methyl sites for hydroxylation is 2. The van der Waals surface area contributed by atoms with Crippen molar-refractivity contribution < 1.29 is 13.2 Å². The van der Waals surface area contributed by atoms with Crippen LogP contribution in [0.1, 0.15) is 50.1 Å². The second kappa shape index (κ2) is 6.48. The van der Waals surface area contributed by atoms with E-state index >= 15 is 0 Å². The van der Waals surface area contributed by atoms with E-state index in [1.807, 2.05) is 11.7 Å². The summed E-state index contributed by atoms with van der Waals surface area (Å²) in [6.45, 7) is 4.27. The standard InChI is InChI=1S/C16H26N4O3S/c1-11(2)24(22,23)20-9-8-15-13(10-20)14(18-19(15)3)6-7-16(21)17-12-4-5-12/h11-12H,4-10H2,1-3H3,(H,17,21). The predicted molar refractivity (Wildman–Crippen MR) is 90.9 cm³/mol. The van der Waals surface area contributed by atoms with Gasteiger partial charge < -0.3 is 5.32 Å². The summed E-state index contributed by atoms with van der Waals surface area (Å²) >= 11 is 0. The Hall–Kier alpha value is -1.41. The fourth-order valence-electron chi connectivity index (χ4n) is 3.12. The van der Waals surface area contributed by atoms with Gasteiger partial charge in [0, 0.05) is 56.7 Å². The Morgan fingerprint density at radius 3 is 2.71 bits per heavy atom. The summed E-state index contributed by atoms with van der Waals surface area (Å²) in [6.07, 6.45) is 3.77. The normalized spacial score (nSPS) is 18.7. The molecule has 1 saturated carbocycles. The molecule has 2 heterocycles. The molecule has 0 aromatic carbocycles. The second-order valence-electron chi connectivity index (χ2n) is 7.01. The molecule has 0 radical (unpaired) electrons. The van der Waals surface area contributed by atoms with Gasteiger partial charge in [0.05, 0.1) is 10.9 Å². The van der Waals surface area contributed by atoms with Gasteiger partial charge in [0.15, 0.2) is 0 Å². The number of hydrogen-bond acceptors (Lipinski definition) is 4. The van der Waals surface area contributed by atoms with Crippen LogP contribution < -0.4 is 5.32 Å². The van der Waals surface area contributed by atoms with E-state index in [9.17, 15) is 13.2 Å². The number of sulfonamides is 1. The van der Waals surface area contributed by atoms with Crippen LogP contribution in [0, 0.1) is 0 Å². The molecule has 1 aromatic heterocycles. The molecule has 2 aliphatic rings. The van der Waals surface area contributed by atoms with Crippen LogP contribution in [0.3, 0.4) is 0 Å². The van der Waals surface area contributed by atoms with E-state index in [0.717, 1.165) is 29.8 Å². The van der Waals surface area contributed by atoms with Crippen LogP contribution >= 0.6 is 0 Å². The largest absolute Gasteiger partial charge is 0.353 e. The van der Waals surface area contributed by atoms with Crippen LogP contribution in [0.5, 0.6) is 0 Å². The maximum Gasteiger partial charge on any atom is 0.220 e. The fourth-order valence-corrected chi connectivity index (χ4v) is 4.37. The molecule has 0 saturated heterocycles. The first-order valence-electron chi connectivity index (χ1n) is 8.61. The Labute approximate surface area is 143 Å². The average molecular weight is 354 g/mol. The first-order valence-corrected chi connectivity index (χ1v) is 10.1. The summed E-state index contributed by atoms with van der Waals surface area (Å²) in [5.41, 5.74) is 2.91. The van der Waals surface area contributed by atoms with Gasteiger partial charge in [0.25, 0.3) is 0 Å². The lowest BCUT2D eigenvalue weighted by molar-refractivity contribution is -0.121. The van der Waals surface area contributed by atoms with Crippen LogP contribution in [0.4, 0.5) is 0 Å². The SMILES string of the molecule is CC(C)S(=O)(=O)N1CCc2c(c(CCC(=O)NC3CC3)nn2C)C1. The molecule has 24 heavy (non-hydrogen) atoms. The molecule has 0 atom stereocenters. The zero-order valence-electron chi connectivity index (χ0n) is 14.6. The maximum atomic E-state index is 12.4. The van der Waals surface area contributed by atoms with Gasteiger partial charge in [0.1, 0.15) is 0 Å². The van der Waals surface area contributed by atoms with Crippen molar-refractivity contribution in [1.82, 2.24) is 19.4 Å². The van der Waals surface area contributed by atoms with Crippen molar-refractivity contribution in [3.05, 3.63) is 17.0 Å². The second-order valence-corrected chi connectivity index (χ2v) is 9.50. The number of nitrogens with one attached hydrogen (secondary N) is 1. The Bertz CT molecular complexity index is 735. The molecule has 1 aliphatic carbocycles. The number of hydrogen-bond donors (Lipinski definition) is 1. The Morgan fingerprint density at radius 2 is 2.08 bits per heavy atom. The number of rotatable bonds is 6. The highest BCUT2D eigenvalue weighted by atomic mass is 32.2. The van der Waals surface area contributed by atoms with E-state index in [1.165, 1.54) is 0 Å². The molecular weight excluding hydrogens is 328 g/mol. The van der Waals surface area contributed by atoms with Crippen molar-refractivity contribution in [2.75, 3.05) is 6.54 Å². The molecule has 1 N–H and O–H groups in total. The molecule has 0 spiro atoms. The third-order valence-electron chi connectivity index (χ3n) is 4.78. The van der Waals surface area contributed by atoms with E-state index in [2.05, 4.69) is 10.4 Å². The van der Waals surface area contributed by atoms with Gasteiger partial charge in [-0.3, -0.25) is 9.48 Å². The molecule has 7 nitrogen and oxygen atoms in total. The van der Waals surface area contributed by atoms with E-state index < -0.39 is 15.3 Å². The Kier molecular flexibility index (Phi) is 4.70. The number of carbonyl (C=O) groups is 1. The van der Waals surface area contributed by atoms with Gasteiger partial charge in [-0.2, -0.15) is 9.40 Å². The fraction of sp³-hybridized carbons (Fsp3) is 0.750. The van der Waals surface area contributed by atoms with Gasteiger partial charge in [-0.05, 0) is 26.7 Å². The van der Waals surface area contributed by atoms with E-state index in [0.29, 0.717) is 38.4 Å². The lowest BCUT2D eigenvalue weighted by Crippen LogP contribution is -2.40. The van der Waals surface area contributed by atoms with Crippen molar-refractivity contribution in [3.8, 4) is 0 Å². The zero-order valence-corrected chi connectivity index (χ0v) is 15.4. The summed E-state index contributed by atoms with van der Waals surface area (Å²) in [4.78, 5) is 11.9. The first-order chi connectivity index (χ1) is 11.3. The number of carbonyl (C=O) groups excluding carboxylic acids is 1. The van der Waals surface area contributed by atoms with Gasteiger partial charge in [-0.15, -0.1) is 0 Å². The number of amides is 1. The molecule has 1 fully saturated rings. The molecule has 134 valence electrons. The van der Waals surface area contributed by atoms with Crippen LogP contribution in [-0.4, -0.2) is 46.2 Å². The lowest BCUT2D eigenvalue weighted by atomic mass is 10.0. The molecule has 8 heteroatoms. The highest BCUT2D eigenvalue weighted by Crippen LogP contribution is 2.26. The quantitative estimate of drug-likeness (QED) is 0.816. The topological polar surface area (TPSA) is 84.3 Å². The summed E-state index contributed by atoms with van der Waals surface area (Å²) < 4.78 is 28.3. The Morgan fingerprint density at radius 1 is 1.38 bits per heavy atom. The minimum Gasteiger partial charge on any atom is -0.353 e. The van der Waals surface area contributed by atoms with Gasteiger partial charge in [-0.1, -0.05) is 0 Å². The van der Waals surface area contributed by atoms with Crippen molar-refractivity contribution in [1.29, 1.82) is 0 Å². The van der Waals surface area contributed by atoms with Gasteiger partial charge in [-0.25, -0.2) is 8.42 Å². The summed E-state index contributed by atoms with van der Waals surface area (Å²) in [6, 6.07) is 0.363. The molecule has 0 unspecified atom stereocenters. The third-order valence-corrected chi connectivity index (χ3v) is 7.00. The smallest absolute Gasteiger partial charge is 0.220 e. The minimum absolute atomic E-state index is 0.0550. The van der Waals surface area contributed by atoms with Crippen molar-refractivity contribution in [2.24, 2.45) is 7.05 Å². The molecule has 1 aliphatic heterocycles. The third kappa shape index (κ3) is 3.49. The summed E-state index contributed by atoms with van der Waals surface area (Å²) in [5.74, 6) is 0.0550. The monoisotopic (exact) mass is 354 g/mol. The molecule has 1 amide bonds. The van der Waals surface area contributed by atoms with Gasteiger partial charge >= 0.3 is 0 Å². The van der Waals surface area contributed by atoms with Crippen molar-refractivity contribution in [3.63, 3.8) is 0 Å². The Balaban J connectivity index is 1.73. The van der Waals surface area contributed by atoms with Crippen LogP contribution in [0.25, 0.3) is 0 Å². The summed E-state index contributed by atoms with van der Waals surface area (Å²) in [5, 5.41) is 7.09. The van der Waals surface area contributed by atoms with E-state index in [4.69, 9.17) is 0 Å².